The fourth-order valence-electron chi connectivity index (χ4n) is 8.16. The zero-order chi connectivity index (χ0) is 38.8. The van der Waals surface area contributed by atoms with Gasteiger partial charge in [0.1, 0.15) is 17.7 Å². The number of H-pyrrole nitrogens is 2. The molecule has 2 aliphatic heterocycles. The summed E-state index contributed by atoms with van der Waals surface area (Å²) in [7, 11) is 1.43. The van der Waals surface area contributed by atoms with Crippen LogP contribution in [0.3, 0.4) is 0 Å². The first-order chi connectivity index (χ1) is 27.2. The Morgan fingerprint density at radius 3 is 1.77 bits per heavy atom. The third kappa shape index (κ3) is 7.32. The highest BCUT2D eigenvalue weighted by Crippen LogP contribution is 2.36. The van der Waals surface area contributed by atoms with Crippen LogP contribution in [0.5, 0.6) is 0 Å². The molecule has 284 valence electrons. The van der Waals surface area contributed by atoms with Gasteiger partial charge in [-0.3, -0.25) is 14.5 Å². The minimum absolute atomic E-state index is 0.0542. The Morgan fingerprint density at radius 1 is 0.714 bits per heavy atom. The van der Waals surface area contributed by atoms with Crippen LogP contribution in [0.15, 0.2) is 116 Å². The highest BCUT2D eigenvalue weighted by molar-refractivity contribution is 5.87. The van der Waals surface area contributed by atoms with Crippen LogP contribution in [0.2, 0.25) is 0 Å². The second-order valence-corrected chi connectivity index (χ2v) is 14.8. The zero-order valence-corrected chi connectivity index (χ0v) is 31.6. The predicted octanol–water partition coefficient (Wildman–Crippen LogP) is 8.36. The molecule has 8 rings (SSSR count). The monoisotopic (exact) mass is 747 g/mol. The van der Waals surface area contributed by atoms with Gasteiger partial charge in [0.2, 0.25) is 5.91 Å². The van der Waals surface area contributed by atoms with Gasteiger partial charge >= 0.3 is 6.09 Å². The van der Waals surface area contributed by atoms with Crippen molar-refractivity contribution in [2.45, 2.75) is 57.2 Å². The third-order valence-corrected chi connectivity index (χ3v) is 11.3. The topological polar surface area (TPSA) is 139 Å². The smallest absolute Gasteiger partial charge is 0.407 e. The number of nitrogens with zero attached hydrogens (tertiary/aromatic N) is 5. The molecule has 3 N–H and O–H groups in total. The van der Waals surface area contributed by atoms with E-state index in [0.29, 0.717) is 24.4 Å². The van der Waals surface area contributed by atoms with E-state index in [1.54, 1.807) is 23.2 Å². The molecule has 0 unspecified atom stereocenters. The molecule has 4 heterocycles. The highest BCUT2D eigenvalue weighted by atomic mass is 16.4. The summed E-state index contributed by atoms with van der Waals surface area (Å²) >= 11 is 0. The van der Waals surface area contributed by atoms with Crippen LogP contribution in [0.25, 0.3) is 33.6 Å². The molecule has 56 heavy (non-hydrogen) atoms. The molecule has 0 bridgehead atoms. The maximum Gasteiger partial charge on any atom is 0.407 e. The summed E-state index contributed by atoms with van der Waals surface area (Å²) in [4.78, 5) is 60.4. The average molecular weight is 748 g/mol. The van der Waals surface area contributed by atoms with Crippen LogP contribution in [0.4, 0.5) is 4.79 Å². The van der Waals surface area contributed by atoms with E-state index in [0.717, 1.165) is 87.7 Å². The van der Waals surface area contributed by atoms with E-state index in [4.69, 9.17) is 9.97 Å². The lowest BCUT2D eigenvalue weighted by molar-refractivity contribution is -0.137. The summed E-state index contributed by atoms with van der Waals surface area (Å²) in [6, 6.07) is 32.5. The zero-order valence-electron chi connectivity index (χ0n) is 31.6. The number of carboxylic acid groups (broad SMARTS) is 1. The number of aromatic amines is 2. The molecule has 0 saturated carbocycles. The Bertz CT molecular complexity index is 2330. The largest absolute Gasteiger partial charge is 0.465 e. The van der Waals surface area contributed by atoms with Crippen molar-refractivity contribution in [2.24, 2.45) is 0 Å². The molecule has 11 nitrogen and oxygen atoms in total. The van der Waals surface area contributed by atoms with E-state index in [1.165, 1.54) is 7.05 Å². The van der Waals surface area contributed by atoms with Crippen molar-refractivity contribution in [1.29, 1.82) is 0 Å². The van der Waals surface area contributed by atoms with E-state index in [9.17, 15) is 19.5 Å². The van der Waals surface area contributed by atoms with Gasteiger partial charge in [0, 0.05) is 20.1 Å². The SMILES string of the molecule is Cc1ccccc1CC(=O)N1CCC[C@H]1c1ncc(-c2ccc(-c3ccc(-c4cnc([C@@H]5CCCN5C(=O)[C@@H](c5ccccc5)N(C)C(=O)O)[nH]4)cc3)cc2)[nH]1. The van der Waals surface area contributed by atoms with Crippen LogP contribution in [-0.2, 0) is 16.0 Å². The van der Waals surface area contributed by atoms with Crippen molar-refractivity contribution in [3.8, 4) is 33.6 Å². The molecule has 3 amide bonds. The minimum atomic E-state index is -1.16. The average Bonchev–Trinajstić information content (AvgIpc) is 4.06. The quantitative estimate of drug-likeness (QED) is 0.129. The Kier molecular flexibility index (Phi) is 10.2. The van der Waals surface area contributed by atoms with Crippen molar-refractivity contribution in [3.05, 3.63) is 144 Å². The van der Waals surface area contributed by atoms with Crippen molar-refractivity contribution in [1.82, 2.24) is 34.6 Å². The fraction of sp³-hybridized carbons (Fsp3) is 0.267. The Morgan fingerprint density at radius 2 is 1.21 bits per heavy atom. The lowest BCUT2D eigenvalue weighted by Gasteiger charge is -2.32. The van der Waals surface area contributed by atoms with E-state index in [1.807, 2.05) is 60.5 Å². The minimum Gasteiger partial charge on any atom is -0.465 e. The number of carbonyl (C=O) groups excluding carboxylic acids is 2. The van der Waals surface area contributed by atoms with Crippen LogP contribution >= 0.6 is 0 Å². The number of benzene rings is 4. The van der Waals surface area contributed by atoms with Crippen LogP contribution in [0, 0.1) is 6.92 Å². The number of carbonyl (C=O) groups is 3. The first kappa shape index (κ1) is 36.5. The van der Waals surface area contributed by atoms with E-state index < -0.39 is 12.1 Å². The van der Waals surface area contributed by atoms with Crippen LogP contribution < -0.4 is 0 Å². The van der Waals surface area contributed by atoms with Gasteiger partial charge in [-0.25, -0.2) is 14.8 Å². The van der Waals surface area contributed by atoms with E-state index >= 15 is 0 Å². The van der Waals surface area contributed by atoms with Gasteiger partial charge in [0.25, 0.3) is 5.91 Å². The molecule has 2 saturated heterocycles. The predicted molar refractivity (Wildman–Crippen MR) is 214 cm³/mol. The van der Waals surface area contributed by atoms with Crippen molar-refractivity contribution < 1.29 is 19.5 Å². The fourth-order valence-corrected chi connectivity index (χ4v) is 8.16. The molecule has 0 radical (unpaired) electrons. The maximum absolute atomic E-state index is 13.9. The number of aryl methyl sites for hydroxylation is 1. The molecule has 6 aromatic rings. The summed E-state index contributed by atoms with van der Waals surface area (Å²) in [5.41, 5.74) is 8.73. The van der Waals surface area contributed by atoms with E-state index in [2.05, 4.69) is 58.5 Å². The van der Waals surface area contributed by atoms with Crippen molar-refractivity contribution in [2.75, 3.05) is 20.1 Å². The van der Waals surface area contributed by atoms with Crippen LogP contribution in [-0.4, -0.2) is 77.8 Å². The molecule has 2 aromatic heterocycles. The van der Waals surface area contributed by atoms with Gasteiger partial charge in [-0.15, -0.1) is 0 Å². The number of rotatable bonds is 10. The van der Waals surface area contributed by atoms with Gasteiger partial charge < -0.3 is 24.9 Å². The van der Waals surface area contributed by atoms with Crippen molar-refractivity contribution >= 4 is 17.9 Å². The summed E-state index contributed by atoms with van der Waals surface area (Å²) in [6.45, 7) is 3.32. The first-order valence-corrected chi connectivity index (χ1v) is 19.2. The molecular formula is C45H45N7O4. The number of nitrogens with one attached hydrogen (secondary N) is 2. The molecule has 11 heteroatoms. The van der Waals surface area contributed by atoms with Gasteiger partial charge in [0.05, 0.1) is 42.3 Å². The summed E-state index contributed by atoms with van der Waals surface area (Å²) in [6.07, 6.45) is 6.27. The number of hydrogen-bond donors (Lipinski definition) is 3. The lowest BCUT2D eigenvalue weighted by atomic mass is 10.0. The number of amides is 3. The number of aromatic nitrogens is 4. The number of imidazole rings is 2. The van der Waals surface area contributed by atoms with Gasteiger partial charge in [-0.2, -0.15) is 0 Å². The standard InChI is InChI=1S/C45H45N7O4/c1-29-10-6-7-13-35(29)26-40(53)51-24-8-14-38(51)42-46-27-36(48-42)32-20-16-30(17-21-32)31-18-22-33(23-19-31)37-28-47-43(49-37)39-15-9-25-52(39)44(54)41(50(2)45(55)56)34-11-4-3-5-12-34/h3-7,10-13,16-23,27-28,38-39,41H,8-9,14-15,24-26H2,1-2H3,(H,46,48)(H,47,49)(H,55,56)/t38-,39-,41+/m0/s1. The molecule has 0 spiro atoms. The second-order valence-electron chi connectivity index (χ2n) is 14.8. The summed E-state index contributed by atoms with van der Waals surface area (Å²) < 4.78 is 0. The second kappa shape index (κ2) is 15.7. The van der Waals surface area contributed by atoms with Crippen molar-refractivity contribution in [3.63, 3.8) is 0 Å². The third-order valence-electron chi connectivity index (χ3n) is 11.3. The summed E-state index contributed by atoms with van der Waals surface area (Å²) in [5.74, 6) is 1.39. The Balaban J connectivity index is 0.926. The highest BCUT2D eigenvalue weighted by Gasteiger charge is 2.39. The molecular weight excluding hydrogens is 703 g/mol. The number of likely N-dealkylation sites (tertiary alicyclic amines) is 2. The Hall–Kier alpha value is -6.49. The van der Waals surface area contributed by atoms with Gasteiger partial charge in [-0.05, 0) is 71.6 Å². The molecule has 2 aliphatic rings. The lowest BCUT2D eigenvalue weighted by Crippen LogP contribution is -2.43. The molecule has 3 atom stereocenters. The number of likely N-dealkylation sites (N-methyl/N-ethyl adjacent to an activating group) is 1. The van der Waals surface area contributed by atoms with Crippen LogP contribution in [0.1, 0.15) is 72.1 Å². The molecule has 4 aromatic carbocycles. The van der Waals surface area contributed by atoms with E-state index in [-0.39, 0.29) is 23.9 Å². The number of hydrogen-bond acceptors (Lipinski definition) is 5. The van der Waals surface area contributed by atoms with Gasteiger partial charge in [0.15, 0.2) is 0 Å². The van der Waals surface area contributed by atoms with Gasteiger partial charge in [-0.1, -0.05) is 103 Å². The molecule has 0 aliphatic carbocycles. The maximum atomic E-state index is 13.9. The Labute approximate surface area is 326 Å². The normalized spacial score (nSPS) is 17.2. The first-order valence-electron chi connectivity index (χ1n) is 19.2. The summed E-state index contributed by atoms with van der Waals surface area (Å²) in [5, 5.41) is 9.79. The molecule has 2 fully saturated rings.